The summed E-state index contributed by atoms with van der Waals surface area (Å²) in [6, 6.07) is 14.5. The van der Waals surface area contributed by atoms with Crippen molar-refractivity contribution in [3.8, 4) is 5.69 Å². The summed E-state index contributed by atoms with van der Waals surface area (Å²) in [5, 5.41) is 11.7. The van der Waals surface area contributed by atoms with Gasteiger partial charge in [-0.25, -0.2) is 8.42 Å². The Kier molecular flexibility index (Phi) is 5.98. The van der Waals surface area contributed by atoms with Gasteiger partial charge in [-0.1, -0.05) is 23.8 Å². The highest BCUT2D eigenvalue weighted by molar-refractivity contribution is 7.92. The number of non-ortho nitro benzene ring substituents is 1. The molecule has 1 heterocycles. The van der Waals surface area contributed by atoms with E-state index in [9.17, 15) is 23.3 Å². The van der Waals surface area contributed by atoms with Crippen LogP contribution < -0.4 is 4.72 Å². The summed E-state index contributed by atoms with van der Waals surface area (Å²) in [6.07, 6.45) is 0. The van der Waals surface area contributed by atoms with E-state index in [-0.39, 0.29) is 16.4 Å². The van der Waals surface area contributed by atoms with Crippen LogP contribution in [-0.4, -0.2) is 23.7 Å². The zero-order chi connectivity index (χ0) is 25.7. The van der Waals surface area contributed by atoms with Crippen LogP contribution in [0.2, 0.25) is 0 Å². The van der Waals surface area contributed by atoms with Crippen LogP contribution in [0.25, 0.3) is 16.6 Å². The normalized spacial score (nSPS) is 11.6. The fourth-order valence-corrected chi connectivity index (χ4v) is 5.54. The van der Waals surface area contributed by atoms with Gasteiger partial charge in [-0.3, -0.25) is 19.6 Å². The maximum absolute atomic E-state index is 13.1. The first-order valence-electron chi connectivity index (χ1n) is 10.9. The second kappa shape index (κ2) is 8.66. The van der Waals surface area contributed by atoms with Crippen LogP contribution in [0, 0.1) is 37.8 Å². The maximum atomic E-state index is 13.1. The smallest absolute Gasteiger partial charge is 0.270 e. The van der Waals surface area contributed by atoms with E-state index in [1.165, 1.54) is 25.1 Å². The van der Waals surface area contributed by atoms with E-state index in [0.717, 1.165) is 34.1 Å². The Labute approximate surface area is 203 Å². The number of carbonyl (C=O) groups excluding carboxylic acids is 1. The molecule has 0 amide bonds. The third-order valence-electron chi connectivity index (χ3n) is 6.28. The van der Waals surface area contributed by atoms with E-state index in [1.54, 1.807) is 13.0 Å². The van der Waals surface area contributed by atoms with Gasteiger partial charge in [0.05, 0.1) is 21.0 Å². The molecule has 0 saturated carbocycles. The molecule has 9 heteroatoms. The van der Waals surface area contributed by atoms with Crippen molar-refractivity contribution in [2.24, 2.45) is 0 Å². The molecule has 0 atom stereocenters. The molecule has 0 fully saturated rings. The van der Waals surface area contributed by atoms with Crippen molar-refractivity contribution in [1.82, 2.24) is 4.57 Å². The lowest BCUT2D eigenvalue weighted by molar-refractivity contribution is -0.385. The van der Waals surface area contributed by atoms with Crippen LogP contribution in [0.15, 0.2) is 59.5 Å². The largest absolute Gasteiger partial charge is 0.313 e. The number of ketones is 1. The van der Waals surface area contributed by atoms with Crippen molar-refractivity contribution < 1.29 is 18.1 Å². The van der Waals surface area contributed by atoms with Gasteiger partial charge in [0.25, 0.3) is 15.7 Å². The third-order valence-corrected chi connectivity index (χ3v) is 7.65. The van der Waals surface area contributed by atoms with E-state index >= 15 is 0 Å². The van der Waals surface area contributed by atoms with E-state index in [4.69, 9.17) is 0 Å². The summed E-state index contributed by atoms with van der Waals surface area (Å²) in [5.41, 5.74) is 5.61. The summed E-state index contributed by atoms with van der Waals surface area (Å²) in [6.45, 7) is 9.05. The topological polar surface area (TPSA) is 111 Å². The first-order chi connectivity index (χ1) is 16.4. The lowest BCUT2D eigenvalue weighted by atomic mass is 10.0. The van der Waals surface area contributed by atoms with Crippen LogP contribution in [-0.2, 0) is 10.0 Å². The lowest BCUT2D eigenvalue weighted by Crippen LogP contribution is -2.14. The number of nitrogens with zero attached hydrogens (tertiary/aromatic N) is 2. The minimum atomic E-state index is -4.12. The monoisotopic (exact) mass is 491 g/mol. The molecule has 0 aliphatic rings. The van der Waals surface area contributed by atoms with Crippen LogP contribution >= 0.6 is 0 Å². The molecule has 8 nitrogen and oxygen atoms in total. The number of benzene rings is 3. The zero-order valence-corrected chi connectivity index (χ0v) is 20.9. The predicted molar refractivity (Wildman–Crippen MR) is 136 cm³/mol. The average Bonchev–Trinajstić information content (AvgIpc) is 3.09. The molecule has 180 valence electrons. The van der Waals surface area contributed by atoms with Crippen molar-refractivity contribution in [3.05, 3.63) is 92.7 Å². The minimum absolute atomic E-state index is 0.130. The molecule has 0 aliphatic heterocycles. The van der Waals surface area contributed by atoms with Crippen molar-refractivity contribution in [3.63, 3.8) is 0 Å². The highest BCUT2D eigenvalue weighted by Gasteiger charge is 2.24. The van der Waals surface area contributed by atoms with Crippen LogP contribution in [0.3, 0.4) is 0 Å². The fraction of sp³-hybridized carbons (Fsp3) is 0.192. The van der Waals surface area contributed by atoms with Gasteiger partial charge in [0, 0.05) is 34.5 Å². The Morgan fingerprint density at radius 1 is 0.971 bits per heavy atom. The zero-order valence-electron chi connectivity index (χ0n) is 20.0. The summed E-state index contributed by atoms with van der Waals surface area (Å²) in [5.74, 6) is -0.130. The number of aromatic nitrogens is 1. The number of carbonyl (C=O) groups is 1. The van der Waals surface area contributed by atoms with E-state index in [0.29, 0.717) is 22.2 Å². The number of rotatable bonds is 6. The Hall–Kier alpha value is -3.98. The number of anilines is 1. The minimum Gasteiger partial charge on any atom is -0.313 e. The second-order valence-corrected chi connectivity index (χ2v) is 10.3. The van der Waals surface area contributed by atoms with Gasteiger partial charge in [0.1, 0.15) is 0 Å². The van der Waals surface area contributed by atoms with E-state index in [2.05, 4.69) is 4.72 Å². The molecule has 4 rings (SSSR count). The lowest BCUT2D eigenvalue weighted by Gasteiger charge is -2.16. The number of hydrogen-bond acceptors (Lipinski definition) is 5. The van der Waals surface area contributed by atoms with Crippen LogP contribution in [0.4, 0.5) is 11.4 Å². The molecule has 4 aromatic rings. The van der Waals surface area contributed by atoms with E-state index < -0.39 is 14.9 Å². The standard InChI is InChI=1S/C26H25N3O5S/c1-15-9-11-20(12-10-15)28-18(4)25(19(5)30)23-14-24(16(2)17(3)26(23)28)27-35(33,34)22-8-6-7-21(13-22)29(31)32/h6-14,27H,1-5H3. The molecular weight excluding hydrogens is 466 g/mol. The Bertz CT molecular complexity index is 1620. The SMILES string of the molecule is CC(=O)c1c(C)n(-c2ccc(C)cc2)c2c(C)c(C)c(NS(=O)(=O)c3cccc([N+](=O)[O-])c3)cc12. The molecular formula is C26H25N3O5S. The molecule has 0 bridgehead atoms. The third kappa shape index (κ3) is 4.19. The molecule has 0 radical (unpaired) electrons. The number of sulfonamides is 1. The van der Waals surface area contributed by atoms with Gasteiger partial charge in [0.15, 0.2) is 5.78 Å². The summed E-state index contributed by atoms with van der Waals surface area (Å²) in [7, 11) is -4.12. The number of aryl methyl sites for hydroxylation is 2. The quantitative estimate of drug-likeness (QED) is 0.209. The predicted octanol–water partition coefficient (Wildman–Crippen LogP) is 5.78. The highest BCUT2D eigenvalue weighted by atomic mass is 32.2. The second-order valence-electron chi connectivity index (χ2n) is 8.62. The van der Waals surface area contributed by atoms with Gasteiger partial charge in [-0.2, -0.15) is 0 Å². The summed E-state index contributed by atoms with van der Waals surface area (Å²) >= 11 is 0. The molecule has 1 aromatic heterocycles. The number of nitro groups is 1. The van der Waals surface area contributed by atoms with Gasteiger partial charge in [-0.15, -0.1) is 0 Å². The number of fused-ring (bicyclic) bond motifs is 1. The molecule has 0 aliphatic carbocycles. The van der Waals surface area contributed by atoms with Crippen molar-refractivity contribution >= 4 is 38.1 Å². The molecule has 0 spiro atoms. The molecule has 0 saturated heterocycles. The van der Waals surface area contributed by atoms with Crippen molar-refractivity contribution in [2.45, 2.75) is 39.5 Å². The van der Waals surface area contributed by atoms with Crippen molar-refractivity contribution in [1.29, 1.82) is 0 Å². The maximum Gasteiger partial charge on any atom is 0.270 e. The summed E-state index contributed by atoms with van der Waals surface area (Å²) in [4.78, 5) is 22.9. The Morgan fingerprint density at radius 2 is 1.63 bits per heavy atom. The molecule has 3 aromatic carbocycles. The van der Waals surface area contributed by atoms with Crippen molar-refractivity contribution in [2.75, 3.05) is 4.72 Å². The fourth-order valence-electron chi connectivity index (χ4n) is 4.39. The van der Waals surface area contributed by atoms with Crippen LogP contribution in [0.1, 0.15) is 39.7 Å². The molecule has 35 heavy (non-hydrogen) atoms. The molecule has 0 unspecified atom stereocenters. The summed E-state index contributed by atoms with van der Waals surface area (Å²) < 4.78 is 30.8. The van der Waals surface area contributed by atoms with Crippen LogP contribution in [0.5, 0.6) is 0 Å². The first-order valence-corrected chi connectivity index (χ1v) is 12.4. The van der Waals surface area contributed by atoms with E-state index in [1.807, 2.05) is 49.6 Å². The number of hydrogen-bond donors (Lipinski definition) is 1. The van der Waals surface area contributed by atoms with Gasteiger partial charge in [0.2, 0.25) is 0 Å². The Morgan fingerprint density at radius 3 is 2.23 bits per heavy atom. The number of Topliss-reactive ketones (excluding diaryl/α,β-unsaturated/α-hetero) is 1. The molecule has 1 N–H and O–H groups in total. The van der Waals surface area contributed by atoms with Gasteiger partial charge in [-0.05, 0) is 70.0 Å². The number of nitrogens with one attached hydrogen (secondary N) is 1. The highest BCUT2D eigenvalue weighted by Crippen LogP contribution is 2.37. The average molecular weight is 492 g/mol. The first kappa shape index (κ1) is 24.2. The Balaban J connectivity index is 1.93. The van der Waals surface area contributed by atoms with Gasteiger partial charge >= 0.3 is 0 Å². The number of nitro benzene ring substituents is 1. The van der Waals surface area contributed by atoms with Gasteiger partial charge < -0.3 is 4.57 Å².